The second kappa shape index (κ2) is 6.15. The molecule has 0 amide bonds. The zero-order valence-corrected chi connectivity index (χ0v) is 11.5. The summed E-state index contributed by atoms with van der Waals surface area (Å²) in [5.41, 5.74) is 9.26. The van der Waals surface area contributed by atoms with Crippen LogP contribution in [0.4, 0.5) is 0 Å². The third-order valence-electron chi connectivity index (χ3n) is 4.02. The Bertz CT molecular complexity index is 528. The van der Waals surface area contributed by atoms with Crippen LogP contribution in [0.2, 0.25) is 0 Å². The molecule has 4 N–H and O–H groups in total. The average molecular weight is 271 g/mol. The third-order valence-corrected chi connectivity index (χ3v) is 4.02. The molecule has 2 heterocycles. The molecule has 3 rings (SSSR count). The van der Waals surface area contributed by atoms with Gasteiger partial charge in [-0.15, -0.1) is 0 Å². The fourth-order valence-electron chi connectivity index (χ4n) is 2.78. The van der Waals surface area contributed by atoms with Gasteiger partial charge in [0.05, 0.1) is 11.9 Å². The van der Waals surface area contributed by atoms with Crippen molar-refractivity contribution in [1.29, 1.82) is 0 Å². The van der Waals surface area contributed by atoms with E-state index in [1.807, 2.05) is 24.5 Å². The lowest BCUT2D eigenvalue weighted by Gasteiger charge is -2.26. The number of hydrogen-bond donors (Lipinski definition) is 3. The van der Waals surface area contributed by atoms with Gasteiger partial charge < -0.3 is 11.1 Å². The van der Waals surface area contributed by atoms with Crippen LogP contribution in [0.1, 0.15) is 31.2 Å². The Morgan fingerprint density at radius 3 is 2.85 bits per heavy atom. The van der Waals surface area contributed by atoms with E-state index in [1.54, 1.807) is 6.20 Å². The minimum atomic E-state index is 0.396. The minimum absolute atomic E-state index is 0.396. The van der Waals surface area contributed by atoms with Gasteiger partial charge in [-0.25, -0.2) is 0 Å². The van der Waals surface area contributed by atoms with Crippen LogP contribution < -0.4 is 11.1 Å². The van der Waals surface area contributed by atoms with Crippen molar-refractivity contribution in [3.05, 3.63) is 36.3 Å². The van der Waals surface area contributed by atoms with E-state index in [2.05, 4.69) is 20.5 Å². The largest absolute Gasteiger partial charge is 0.328 e. The predicted octanol–water partition coefficient (Wildman–Crippen LogP) is 1.83. The summed E-state index contributed by atoms with van der Waals surface area (Å²) >= 11 is 0. The van der Waals surface area contributed by atoms with Gasteiger partial charge in [0.15, 0.2) is 0 Å². The van der Waals surface area contributed by atoms with Crippen molar-refractivity contribution in [2.45, 2.75) is 44.3 Å². The van der Waals surface area contributed by atoms with Gasteiger partial charge in [0.2, 0.25) is 0 Å². The molecular weight excluding hydrogens is 250 g/mol. The van der Waals surface area contributed by atoms with Crippen molar-refractivity contribution < 1.29 is 0 Å². The molecule has 1 aliphatic carbocycles. The fourth-order valence-corrected chi connectivity index (χ4v) is 2.78. The number of pyridine rings is 1. The van der Waals surface area contributed by atoms with Crippen molar-refractivity contribution in [2.75, 3.05) is 0 Å². The van der Waals surface area contributed by atoms with Crippen molar-refractivity contribution in [2.24, 2.45) is 5.73 Å². The number of nitrogens with zero attached hydrogens (tertiary/aromatic N) is 2. The molecule has 2 aromatic rings. The highest BCUT2D eigenvalue weighted by molar-refractivity contribution is 5.61. The van der Waals surface area contributed by atoms with Crippen molar-refractivity contribution in [3.63, 3.8) is 0 Å². The standard InChI is InChI=1S/C15H21N5/c16-13-3-5-14(6-4-13)18-9-12-10-19-20-15(12)11-2-1-7-17-8-11/h1-2,7-8,10,13-14,18H,3-6,9,16H2,(H,19,20). The Balaban J connectivity index is 1.63. The van der Waals surface area contributed by atoms with Crippen LogP contribution in [0.3, 0.4) is 0 Å². The van der Waals surface area contributed by atoms with E-state index < -0.39 is 0 Å². The van der Waals surface area contributed by atoms with E-state index in [0.717, 1.165) is 30.6 Å². The first-order valence-electron chi connectivity index (χ1n) is 7.24. The summed E-state index contributed by atoms with van der Waals surface area (Å²) in [6.07, 6.45) is 10.1. The SMILES string of the molecule is NC1CCC(NCc2cn[nH]c2-c2cccnc2)CC1. The normalized spacial score (nSPS) is 22.9. The van der Waals surface area contributed by atoms with Crippen LogP contribution >= 0.6 is 0 Å². The van der Waals surface area contributed by atoms with Crippen LogP contribution in [-0.4, -0.2) is 27.3 Å². The Morgan fingerprint density at radius 2 is 2.10 bits per heavy atom. The van der Waals surface area contributed by atoms with Gasteiger partial charge in [-0.1, -0.05) is 0 Å². The van der Waals surface area contributed by atoms with Gasteiger partial charge in [-0.2, -0.15) is 5.10 Å². The Morgan fingerprint density at radius 1 is 1.25 bits per heavy atom. The highest BCUT2D eigenvalue weighted by Crippen LogP contribution is 2.21. The molecule has 1 aliphatic rings. The Kier molecular flexibility index (Phi) is 4.08. The Hall–Kier alpha value is -1.72. The molecule has 0 unspecified atom stereocenters. The maximum absolute atomic E-state index is 5.94. The summed E-state index contributed by atoms with van der Waals surface area (Å²) in [4.78, 5) is 4.16. The van der Waals surface area contributed by atoms with Crippen molar-refractivity contribution in [1.82, 2.24) is 20.5 Å². The highest BCUT2D eigenvalue weighted by atomic mass is 15.1. The second-order valence-corrected chi connectivity index (χ2v) is 5.50. The molecule has 1 fully saturated rings. The summed E-state index contributed by atoms with van der Waals surface area (Å²) in [6.45, 7) is 0.834. The topological polar surface area (TPSA) is 79.6 Å². The quantitative estimate of drug-likeness (QED) is 0.792. The minimum Gasteiger partial charge on any atom is -0.328 e. The Labute approximate surface area is 119 Å². The molecule has 0 atom stereocenters. The molecule has 0 bridgehead atoms. The molecule has 1 saturated carbocycles. The van der Waals surface area contributed by atoms with Gasteiger partial charge in [-0.3, -0.25) is 10.1 Å². The molecule has 0 saturated heterocycles. The number of nitrogens with two attached hydrogens (primary N) is 1. The van der Waals surface area contributed by atoms with Gasteiger partial charge in [-0.05, 0) is 37.8 Å². The maximum Gasteiger partial charge on any atom is 0.0710 e. The second-order valence-electron chi connectivity index (χ2n) is 5.50. The molecule has 0 aliphatic heterocycles. The first-order valence-corrected chi connectivity index (χ1v) is 7.24. The summed E-state index contributed by atoms with van der Waals surface area (Å²) in [7, 11) is 0. The average Bonchev–Trinajstić information content (AvgIpc) is 2.96. The predicted molar refractivity (Wildman–Crippen MR) is 78.9 cm³/mol. The lowest BCUT2D eigenvalue weighted by Crippen LogP contribution is -2.37. The van der Waals surface area contributed by atoms with Gasteiger partial charge in [0.25, 0.3) is 0 Å². The molecule has 106 valence electrons. The van der Waals surface area contributed by atoms with E-state index in [9.17, 15) is 0 Å². The molecule has 20 heavy (non-hydrogen) atoms. The number of aromatic amines is 1. The zero-order chi connectivity index (χ0) is 13.8. The summed E-state index contributed by atoms with van der Waals surface area (Å²) in [6, 6.07) is 4.96. The van der Waals surface area contributed by atoms with E-state index in [0.29, 0.717) is 12.1 Å². The first kappa shape index (κ1) is 13.3. The van der Waals surface area contributed by atoms with Gasteiger partial charge in [0.1, 0.15) is 0 Å². The maximum atomic E-state index is 5.94. The third kappa shape index (κ3) is 3.05. The van der Waals surface area contributed by atoms with Crippen LogP contribution in [0.5, 0.6) is 0 Å². The zero-order valence-electron chi connectivity index (χ0n) is 11.5. The molecule has 0 aromatic carbocycles. The lowest BCUT2D eigenvalue weighted by molar-refractivity contribution is 0.342. The number of nitrogens with one attached hydrogen (secondary N) is 2. The number of hydrogen-bond acceptors (Lipinski definition) is 4. The summed E-state index contributed by atoms with van der Waals surface area (Å²) in [5.74, 6) is 0. The molecule has 5 heteroatoms. The molecule has 2 aromatic heterocycles. The smallest absolute Gasteiger partial charge is 0.0710 e. The van der Waals surface area contributed by atoms with Crippen molar-refractivity contribution >= 4 is 0 Å². The molecule has 0 spiro atoms. The molecule has 5 nitrogen and oxygen atoms in total. The number of rotatable bonds is 4. The molecular formula is C15H21N5. The van der Waals surface area contributed by atoms with Crippen LogP contribution in [0, 0.1) is 0 Å². The molecule has 0 radical (unpaired) electrons. The van der Waals surface area contributed by atoms with E-state index in [1.165, 1.54) is 18.4 Å². The van der Waals surface area contributed by atoms with E-state index >= 15 is 0 Å². The summed E-state index contributed by atoms with van der Waals surface area (Å²) in [5, 5.41) is 10.8. The number of aromatic nitrogens is 3. The monoisotopic (exact) mass is 271 g/mol. The van der Waals surface area contributed by atoms with Gasteiger partial charge >= 0.3 is 0 Å². The van der Waals surface area contributed by atoms with E-state index in [4.69, 9.17) is 5.73 Å². The first-order chi connectivity index (χ1) is 9.83. The van der Waals surface area contributed by atoms with Gasteiger partial charge in [0, 0.05) is 42.1 Å². The van der Waals surface area contributed by atoms with E-state index in [-0.39, 0.29) is 0 Å². The van der Waals surface area contributed by atoms with Crippen LogP contribution in [-0.2, 0) is 6.54 Å². The highest BCUT2D eigenvalue weighted by Gasteiger charge is 2.18. The lowest BCUT2D eigenvalue weighted by atomic mass is 9.92. The summed E-state index contributed by atoms with van der Waals surface area (Å²) < 4.78 is 0. The van der Waals surface area contributed by atoms with Crippen LogP contribution in [0.15, 0.2) is 30.7 Å². The van der Waals surface area contributed by atoms with Crippen LogP contribution in [0.25, 0.3) is 11.3 Å². The van der Waals surface area contributed by atoms with Crippen molar-refractivity contribution in [3.8, 4) is 11.3 Å². The fraction of sp³-hybridized carbons (Fsp3) is 0.467. The number of H-pyrrole nitrogens is 1.